The minimum atomic E-state index is 0. The molecule has 1 aromatic heterocycles. The molecule has 0 amide bonds. The Balaban J connectivity index is 0.00000208. The van der Waals surface area contributed by atoms with Crippen molar-refractivity contribution in [3.05, 3.63) is 90.3 Å². The highest BCUT2D eigenvalue weighted by Gasteiger charge is 2.18. The summed E-state index contributed by atoms with van der Waals surface area (Å²) in [6.07, 6.45) is 3.61. The average Bonchev–Trinajstić information content (AvgIpc) is 3.03. The first-order valence-corrected chi connectivity index (χ1v) is 7.45. The molecule has 3 rings (SSSR count). The zero-order valence-electron chi connectivity index (χ0n) is 13.0. The second-order valence-electron chi connectivity index (χ2n) is 5.26. The molecule has 0 aliphatic rings. The van der Waals surface area contributed by atoms with Crippen molar-refractivity contribution in [3.63, 3.8) is 0 Å². The van der Waals surface area contributed by atoms with Crippen molar-refractivity contribution < 1.29 is 31.3 Å². The molecular weight excluding hydrogens is 368 g/mol. The Hall–Kier alpha value is -2.53. The Kier molecular flexibility index (Phi) is 6.21. The number of nitrogens with zero attached hydrogens (tertiary/aromatic N) is 2. The van der Waals surface area contributed by atoms with Crippen LogP contribution in [0, 0.1) is 0 Å². The lowest BCUT2D eigenvalue weighted by Gasteiger charge is -2.03. The molecule has 0 bridgehead atoms. The van der Waals surface area contributed by atoms with Crippen molar-refractivity contribution in [1.29, 1.82) is 0 Å². The molecule has 0 unspecified atom stereocenters. The van der Waals surface area contributed by atoms with Crippen LogP contribution in [0.15, 0.2) is 79.1 Å². The monoisotopic (exact) mass is 384 g/mol. The van der Waals surface area contributed by atoms with Crippen LogP contribution >= 0.6 is 0 Å². The van der Waals surface area contributed by atoms with Crippen molar-refractivity contribution in [1.82, 2.24) is 4.68 Å². The van der Waals surface area contributed by atoms with E-state index in [0.29, 0.717) is 11.1 Å². The highest BCUT2D eigenvalue weighted by molar-refractivity contribution is 5.96. The summed E-state index contributed by atoms with van der Waals surface area (Å²) >= 11 is 0. The Bertz CT molecular complexity index is 746. The maximum absolute atomic E-state index is 12.3. The van der Waals surface area contributed by atoms with Crippen LogP contribution in [0.25, 0.3) is 0 Å². The summed E-state index contributed by atoms with van der Waals surface area (Å²) in [6.45, 7) is 0.415. The molecule has 0 spiro atoms. The van der Waals surface area contributed by atoms with Gasteiger partial charge >= 0.3 is 0 Å². The van der Waals surface area contributed by atoms with Gasteiger partial charge in [0.05, 0.1) is 6.20 Å². The number of aromatic nitrogens is 2. The quantitative estimate of drug-likeness (QED) is 0.426. The number of hydrogen-bond donors (Lipinski definition) is 0. The number of Topliss-reactive ketones (excluding diaryl/α,β-unsaturated/α-hetero) is 2. The standard InChI is InChI=1S/C19H17N2O2.BrH/c22-18(16-8-3-1-4-9-16)14-20-12-7-13-21(20)15-19(23)17-10-5-2-6-11-17;/h1-13H,14-15H2;1H/q+1;/p-1. The molecule has 24 heavy (non-hydrogen) atoms. The number of rotatable bonds is 6. The van der Waals surface area contributed by atoms with E-state index in [2.05, 4.69) is 0 Å². The molecule has 1 heterocycles. The van der Waals surface area contributed by atoms with Crippen LogP contribution in [0.3, 0.4) is 0 Å². The van der Waals surface area contributed by atoms with Gasteiger partial charge in [-0.25, -0.2) is 0 Å². The van der Waals surface area contributed by atoms with Crippen LogP contribution in [0.5, 0.6) is 0 Å². The second kappa shape index (κ2) is 8.36. The topological polar surface area (TPSA) is 43.0 Å². The molecule has 0 saturated heterocycles. The third-order valence-corrected chi connectivity index (χ3v) is 3.65. The van der Waals surface area contributed by atoms with Gasteiger partial charge in [-0.15, -0.1) is 4.68 Å². The molecule has 0 fully saturated rings. The maximum Gasteiger partial charge on any atom is 0.234 e. The number of carbonyl (C=O) groups is 2. The zero-order chi connectivity index (χ0) is 16.1. The molecule has 0 aliphatic heterocycles. The van der Waals surface area contributed by atoms with Gasteiger partial charge in [-0.1, -0.05) is 60.7 Å². The van der Waals surface area contributed by atoms with Crippen LogP contribution < -0.4 is 21.7 Å². The van der Waals surface area contributed by atoms with Crippen molar-refractivity contribution in [2.45, 2.75) is 13.1 Å². The first-order chi connectivity index (χ1) is 11.2. The van der Waals surface area contributed by atoms with E-state index in [1.807, 2.05) is 42.5 Å². The molecule has 3 aromatic rings. The van der Waals surface area contributed by atoms with E-state index in [4.69, 9.17) is 0 Å². The summed E-state index contributed by atoms with van der Waals surface area (Å²) in [5.41, 5.74) is 1.34. The Morgan fingerprint density at radius 3 is 1.92 bits per heavy atom. The summed E-state index contributed by atoms with van der Waals surface area (Å²) in [6, 6.07) is 20.2. The average molecular weight is 385 g/mol. The summed E-state index contributed by atoms with van der Waals surface area (Å²) in [7, 11) is 0. The first kappa shape index (κ1) is 17.8. The van der Waals surface area contributed by atoms with Crippen molar-refractivity contribution in [2.75, 3.05) is 0 Å². The number of hydrogen-bond acceptors (Lipinski definition) is 2. The molecule has 0 saturated carbocycles. The van der Waals surface area contributed by atoms with Gasteiger partial charge in [0.15, 0.2) is 12.0 Å². The van der Waals surface area contributed by atoms with Gasteiger partial charge in [-0.05, 0) is 0 Å². The van der Waals surface area contributed by atoms with Crippen molar-refractivity contribution >= 4 is 11.6 Å². The van der Waals surface area contributed by atoms with Gasteiger partial charge in [-0.2, -0.15) is 4.68 Å². The number of ketones is 2. The zero-order valence-corrected chi connectivity index (χ0v) is 14.6. The third kappa shape index (κ3) is 4.26. The highest BCUT2D eigenvalue weighted by atomic mass is 79.9. The third-order valence-electron chi connectivity index (χ3n) is 3.65. The van der Waals surface area contributed by atoms with Crippen LogP contribution in [-0.2, 0) is 13.1 Å². The van der Waals surface area contributed by atoms with Gasteiger partial charge in [-0.3, -0.25) is 9.59 Å². The molecule has 0 atom stereocenters. The van der Waals surface area contributed by atoms with Crippen LogP contribution in [0.4, 0.5) is 0 Å². The molecule has 4 nitrogen and oxygen atoms in total. The van der Waals surface area contributed by atoms with Gasteiger partial charge < -0.3 is 17.0 Å². The fraction of sp³-hybridized carbons (Fsp3) is 0.105. The van der Waals surface area contributed by atoms with Crippen molar-refractivity contribution in [3.8, 4) is 0 Å². The largest absolute Gasteiger partial charge is 1.00 e. The molecule has 0 radical (unpaired) electrons. The van der Waals surface area contributed by atoms with Gasteiger partial charge in [0.1, 0.15) is 6.54 Å². The van der Waals surface area contributed by atoms with Crippen LogP contribution in [0.2, 0.25) is 0 Å². The normalized spacial score (nSPS) is 10.0. The second-order valence-corrected chi connectivity index (χ2v) is 5.26. The lowest BCUT2D eigenvalue weighted by molar-refractivity contribution is -0.762. The maximum atomic E-state index is 12.3. The van der Waals surface area contributed by atoms with Gasteiger partial charge in [0.2, 0.25) is 12.3 Å². The Morgan fingerprint density at radius 2 is 1.33 bits per heavy atom. The fourth-order valence-electron chi connectivity index (χ4n) is 2.42. The Morgan fingerprint density at radius 1 is 0.792 bits per heavy atom. The van der Waals surface area contributed by atoms with E-state index in [-0.39, 0.29) is 41.6 Å². The highest BCUT2D eigenvalue weighted by Crippen LogP contribution is 2.03. The summed E-state index contributed by atoms with van der Waals surface area (Å²) < 4.78 is 3.52. The molecule has 122 valence electrons. The van der Waals surface area contributed by atoms with E-state index in [1.165, 1.54) is 0 Å². The fourth-order valence-corrected chi connectivity index (χ4v) is 2.42. The van der Waals surface area contributed by atoms with Crippen LogP contribution in [0.1, 0.15) is 20.7 Å². The summed E-state index contributed by atoms with van der Waals surface area (Å²) in [4.78, 5) is 24.6. The van der Waals surface area contributed by atoms with Crippen molar-refractivity contribution in [2.24, 2.45) is 0 Å². The molecule has 0 aliphatic carbocycles. The van der Waals surface area contributed by atoms with Gasteiger partial charge in [0, 0.05) is 17.2 Å². The number of benzene rings is 2. The molecule has 5 heteroatoms. The van der Waals surface area contributed by atoms with E-state index < -0.39 is 0 Å². The van der Waals surface area contributed by atoms with Crippen LogP contribution in [-0.4, -0.2) is 16.2 Å². The number of carbonyl (C=O) groups excluding carboxylic acids is 2. The molecular formula is C19H17BrN2O2. The predicted octanol–water partition coefficient (Wildman–Crippen LogP) is -0.455. The summed E-state index contributed by atoms with van der Waals surface area (Å²) in [5.74, 6) is 0.0328. The SMILES string of the molecule is O=C(Cn1ccc[n+]1CC(=O)c1ccccc1)c1ccccc1.[Br-]. The smallest absolute Gasteiger partial charge is 0.234 e. The van der Waals surface area contributed by atoms with E-state index in [1.54, 1.807) is 46.0 Å². The predicted molar refractivity (Wildman–Crippen MR) is 86.2 cm³/mol. The summed E-state index contributed by atoms with van der Waals surface area (Å²) in [5, 5.41) is 0. The minimum absolute atomic E-state index is 0. The van der Waals surface area contributed by atoms with E-state index >= 15 is 0 Å². The Labute approximate surface area is 151 Å². The van der Waals surface area contributed by atoms with E-state index in [9.17, 15) is 9.59 Å². The van der Waals surface area contributed by atoms with E-state index in [0.717, 1.165) is 0 Å². The molecule has 0 N–H and O–H groups in total. The number of halogens is 1. The van der Waals surface area contributed by atoms with Gasteiger partial charge in [0.25, 0.3) is 0 Å². The lowest BCUT2D eigenvalue weighted by Crippen LogP contribution is -3.00. The molecule has 2 aromatic carbocycles. The minimum Gasteiger partial charge on any atom is -1.00 e. The lowest BCUT2D eigenvalue weighted by atomic mass is 10.1. The first-order valence-electron chi connectivity index (χ1n) is 7.45.